The van der Waals surface area contributed by atoms with Gasteiger partial charge in [0.25, 0.3) is 0 Å². The number of rotatable bonds is 2. The highest BCUT2D eigenvalue weighted by Crippen LogP contribution is 2.02. The molecule has 0 radical (unpaired) electrons. The average Bonchev–Trinajstić information content (AvgIpc) is 2.05. The minimum Gasteiger partial charge on any atom is -0.321 e. The Hall–Kier alpha value is -0.610. The van der Waals surface area contributed by atoms with Gasteiger partial charge in [-0.1, -0.05) is 0 Å². The van der Waals surface area contributed by atoms with Gasteiger partial charge in [0.2, 0.25) is 0 Å². The summed E-state index contributed by atoms with van der Waals surface area (Å²) in [5.74, 6) is 1.22. The van der Waals surface area contributed by atoms with Crippen LogP contribution in [-0.2, 0) is 0 Å². The second-order valence-electron chi connectivity index (χ2n) is 1.90. The summed E-state index contributed by atoms with van der Waals surface area (Å²) in [5, 5.41) is 0. The number of nitrogens with zero attached hydrogens (tertiary/aromatic N) is 2. The van der Waals surface area contributed by atoms with E-state index in [4.69, 9.17) is 5.73 Å². The standard InChI is InChI=1S/C6H9N3S/c7-5(4-10)6-8-2-1-3-9-6/h1-3,5,10H,4,7H2. The maximum atomic E-state index is 5.59. The number of hydrogen-bond donors (Lipinski definition) is 2. The van der Waals surface area contributed by atoms with Crippen LogP contribution in [0.3, 0.4) is 0 Å². The van der Waals surface area contributed by atoms with Crippen LogP contribution in [0, 0.1) is 0 Å². The smallest absolute Gasteiger partial charge is 0.145 e. The molecule has 3 nitrogen and oxygen atoms in total. The van der Waals surface area contributed by atoms with Crippen LogP contribution in [-0.4, -0.2) is 15.7 Å². The van der Waals surface area contributed by atoms with Gasteiger partial charge in [-0.15, -0.1) is 0 Å². The Morgan fingerprint density at radius 3 is 2.60 bits per heavy atom. The van der Waals surface area contributed by atoms with Gasteiger partial charge in [-0.2, -0.15) is 12.6 Å². The molecular weight excluding hydrogens is 146 g/mol. The highest BCUT2D eigenvalue weighted by atomic mass is 32.1. The van der Waals surface area contributed by atoms with E-state index in [0.29, 0.717) is 11.6 Å². The molecule has 1 heterocycles. The van der Waals surface area contributed by atoms with Crippen molar-refractivity contribution in [2.75, 3.05) is 5.75 Å². The Kier molecular flexibility index (Phi) is 2.65. The van der Waals surface area contributed by atoms with Crippen LogP contribution in [0.25, 0.3) is 0 Å². The Morgan fingerprint density at radius 2 is 2.10 bits per heavy atom. The van der Waals surface area contributed by atoms with Crippen molar-refractivity contribution in [3.8, 4) is 0 Å². The van der Waals surface area contributed by atoms with E-state index in [2.05, 4.69) is 22.6 Å². The zero-order valence-corrected chi connectivity index (χ0v) is 6.33. The predicted molar refractivity (Wildman–Crippen MR) is 42.8 cm³/mol. The summed E-state index contributed by atoms with van der Waals surface area (Å²) in [6.07, 6.45) is 3.34. The highest BCUT2D eigenvalue weighted by Gasteiger charge is 2.03. The second-order valence-corrected chi connectivity index (χ2v) is 2.26. The summed E-state index contributed by atoms with van der Waals surface area (Å²) >= 11 is 4.02. The van der Waals surface area contributed by atoms with Crippen molar-refractivity contribution in [3.63, 3.8) is 0 Å². The van der Waals surface area contributed by atoms with E-state index in [-0.39, 0.29) is 6.04 Å². The highest BCUT2D eigenvalue weighted by molar-refractivity contribution is 7.80. The van der Waals surface area contributed by atoms with Crippen LogP contribution in [0.2, 0.25) is 0 Å². The third-order valence-corrected chi connectivity index (χ3v) is 1.51. The molecule has 0 spiro atoms. The number of aromatic nitrogens is 2. The minimum absolute atomic E-state index is 0.149. The molecule has 10 heavy (non-hydrogen) atoms. The quantitative estimate of drug-likeness (QED) is 0.608. The molecule has 1 aromatic rings. The van der Waals surface area contributed by atoms with Crippen LogP contribution in [0.1, 0.15) is 11.9 Å². The summed E-state index contributed by atoms with van der Waals surface area (Å²) in [5.41, 5.74) is 5.59. The lowest BCUT2D eigenvalue weighted by molar-refractivity contribution is 0.751. The molecule has 1 rings (SSSR count). The van der Waals surface area contributed by atoms with E-state index < -0.39 is 0 Å². The third kappa shape index (κ3) is 1.68. The second kappa shape index (κ2) is 3.53. The minimum atomic E-state index is -0.149. The van der Waals surface area contributed by atoms with Gasteiger partial charge < -0.3 is 5.73 Å². The first-order valence-corrected chi connectivity index (χ1v) is 3.61. The first kappa shape index (κ1) is 7.50. The fraction of sp³-hybridized carbons (Fsp3) is 0.333. The van der Waals surface area contributed by atoms with Gasteiger partial charge in [-0.05, 0) is 6.07 Å². The van der Waals surface area contributed by atoms with E-state index >= 15 is 0 Å². The van der Waals surface area contributed by atoms with Crippen LogP contribution in [0.15, 0.2) is 18.5 Å². The SMILES string of the molecule is NC(CS)c1ncccn1. The van der Waals surface area contributed by atoms with Gasteiger partial charge in [0, 0.05) is 18.1 Å². The zero-order chi connectivity index (χ0) is 7.40. The Morgan fingerprint density at radius 1 is 1.50 bits per heavy atom. The monoisotopic (exact) mass is 155 g/mol. The lowest BCUT2D eigenvalue weighted by atomic mass is 10.3. The van der Waals surface area contributed by atoms with Gasteiger partial charge >= 0.3 is 0 Å². The largest absolute Gasteiger partial charge is 0.321 e. The fourth-order valence-electron chi connectivity index (χ4n) is 0.584. The first-order chi connectivity index (χ1) is 4.84. The van der Waals surface area contributed by atoms with Crippen molar-refractivity contribution in [2.45, 2.75) is 6.04 Å². The van der Waals surface area contributed by atoms with Crippen LogP contribution in [0.5, 0.6) is 0 Å². The molecule has 1 unspecified atom stereocenters. The van der Waals surface area contributed by atoms with Crippen molar-refractivity contribution in [3.05, 3.63) is 24.3 Å². The van der Waals surface area contributed by atoms with E-state index in [1.165, 1.54) is 0 Å². The van der Waals surface area contributed by atoms with Crippen LogP contribution < -0.4 is 5.73 Å². The molecule has 0 bridgehead atoms. The number of hydrogen-bond acceptors (Lipinski definition) is 4. The maximum Gasteiger partial charge on any atom is 0.145 e. The summed E-state index contributed by atoms with van der Waals surface area (Å²) in [4.78, 5) is 7.93. The molecule has 0 saturated heterocycles. The number of nitrogens with two attached hydrogens (primary N) is 1. The fourth-order valence-corrected chi connectivity index (χ4v) is 0.747. The molecule has 1 atom stereocenters. The molecule has 0 aromatic carbocycles. The normalized spacial score (nSPS) is 13.0. The van der Waals surface area contributed by atoms with E-state index in [1.807, 2.05) is 0 Å². The lowest BCUT2D eigenvalue weighted by Crippen LogP contribution is -2.14. The maximum absolute atomic E-state index is 5.59. The molecule has 0 aliphatic carbocycles. The van der Waals surface area contributed by atoms with Crippen molar-refractivity contribution in [1.82, 2.24) is 9.97 Å². The Balaban J connectivity index is 2.75. The lowest BCUT2D eigenvalue weighted by Gasteiger charge is -2.03. The Bertz CT molecular complexity index is 189. The molecule has 0 saturated carbocycles. The van der Waals surface area contributed by atoms with Crippen molar-refractivity contribution in [2.24, 2.45) is 5.73 Å². The molecule has 2 N–H and O–H groups in total. The summed E-state index contributed by atoms with van der Waals surface area (Å²) < 4.78 is 0. The van der Waals surface area contributed by atoms with Gasteiger partial charge in [0.15, 0.2) is 0 Å². The molecular formula is C6H9N3S. The molecule has 1 aromatic heterocycles. The molecule has 54 valence electrons. The third-order valence-electron chi connectivity index (χ3n) is 1.11. The van der Waals surface area contributed by atoms with Gasteiger partial charge in [-0.3, -0.25) is 0 Å². The predicted octanol–water partition coefficient (Wildman–Crippen LogP) is 0.406. The van der Waals surface area contributed by atoms with Gasteiger partial charge in [0.05, 0.1) is 6.04 Å². The molecule has 0 aliphatic heterocycles. The van der Waals surface area contributed by atoms with E-state index in [9.17, 15) is 0 Å². The van der Waals surface area contributed by atoms with Gasteiger partial charge in [0.1, 0.15) is 5.82 Å². The summed E-state index contributed by atoms with van der Waals surface area (Å²) in [6.45, 7) is 0. The van der Waals surface area contributed by atoms with Crippen molar-refractivity contribution in [1.29, 1.82) is 0 Å². The Labute approximate surface area is 65.1 Å². The topological polar surface area (TPSA) is 51.8 Å². The zero-order valence-electron chi connectivity index (χ0n) is 5.44. The van der Waals surface area contributed by atoms with E-state index in [1.54, 1.807) is 18.5 Å². The van der Waals surface area contributed by atoms with Crippen molar-refractivity contribution >= 4 is 12.6 Å². The van der Waals surface area contributed by atoms with Crippen molar-refractivity contribution < 1.29 is 0 Å². The van der Waals surface area contributed by atoms with E-state index in [0.717, 1.165) is 0 Å². The van der Waals surface area contributed by atoms with Crippen LogP contribution in [0.4, 0.5) is 0 Å². The molecule has 4 heteroatoms. The summed E-state index contributed by atoms with van der Waals surface area (Å²) in [7, 11) is 0. The first-order valence-electron chi connectivity index (χ1n) is 2.98. The average molecular weight is 155 g/mol. The molecule has 0 amide bonds. The molecule has 0 fully saturated rings. The van der Waals surface area contributed by atoms with Gasteiger partial charge in [-0.25, -0.2) is 9.97 Å². The summed E-state index contributed by atoms with van der Waals surface area (Å²) in [6, 6.07) is 1.61. The molecule has 0 aliphatic rings. The number of thiol groups is 1. The van der Waals surface area contributed by atoms with Crippen LogP contribution >= 0.6 is 12.6 Å².